The number of hydrogen-bond acceptors (Lipinski definition) is 3. The number of sulfonamides is 1. The van der Waals surface area contributed by atoms with Crippen molar-refractivity contribution in [3.05, 3.63) is 76.9 Å². The molecule has 1 aliphatic heterocycles. The quantitative estimate of drug-likeness (QED) is 0.839. The van der Waals surface area contributed by atoms with Gasteiger partial charge in [0.2, 0.25) is 10.0 Å². The predicted octanol–water partition coefficient (Wildman–Crippen LogP) is 3.53. The normalized spacial score (nSPS) is 23.7. The van der Waals surface area contributed by atoms with Crippen molar-refractivity contribution in [3.8, 4) is 0 Å². The molecule has 0 bridgehead atoms. The second kappa shape index (κ2) is 6.99. The maximum absolute atomic E-state index is 12.4. The van der Waals surface area contributed by atoms with Crippen LogP contribution in [0.1, 0.15) is 29.2 Å². The lowest BCUT2D eigenvalue weighted by atomic mass is 9.79. The molecule has 2 aliphatic rings. The van der Waals surface area contributed by atoms with Gasteiger partial charge in [-0.05, 0) is 48.6 Å². The fraction of sp³-hybridized carbons (Fsp3) is 0.333. The highest BCUT2D eigenvalue weighted by Gasteiger charge is 2.37. The monoisotopic (exact) mass is 369 g/mol. The molecule has 2 aromatic rings. The Balaban J connectivity index is 1.45. The van der Waals surface area contributed by atoms with Gasteiger partial charge in [-0.15, -0.1) is 0 Å². The lowest BCUT2D eigenvalue weighted by Crippen LogP contribution is -2.24. The Labute approximate surface area is 154 Å². The summed E-state index contributed by atoms with van der Waals surface area (Å²) >= 11 is 0. The van der Waals surface area contributed by atoms with Gasteiger partial charge in [0.25, 0.3) is 0 Å². The van der Waals surface area contributed by atoms with Crippen LogP contribution in [0.3, 0.4) is 0 Å². The van der Waals surface area contributed by atoms with Gasteiger partial charge in [-0.2, -0.15) is 0 Å². The van der Waals surface area contributed by atoms with Crippen molar-refractivity contribution in [2.45, 2.75) is 30.8 Å². The molecule has 0 saturated carbocycles. The Bertz CT molecular complexity index is 932. The molecule has 0 aromatic heterocycles. The lowest BCUT2D eigenvalue weighted by molar-refractivity contribution is 0.0833. The van der Waals surface area contributed by atoms with Crippen molar-refractivity contribution < 1.29 is 13.2 Å². The van der Waals surface area contributed by atoms with Gasteiger partial charge in [-0.3, -0.25) is 0 Å². The van der Waals surface area contributed by atoms with Gasteiger partial charge in [0.05, 0.1) is 17.6 Å². The topological polar surface area (TPSA) is 55.4 Å². The summed E-state index contributed by atoms with van der Waals surface area (Å²) in [7, 11) is -3.48. The van der Waals surface area contributed by atoms with Crippen LogP contribution in [0.2, 0.25) is 0 Å². The molecule has 4 rings (SSSR count). The molecule has 0 unspecified atom stereocenters. The van der Waals surface area contributed by atoms with Crippen LogP contribution in [0.25, 0.3) is 0 Å². The van der Waals surface area contributed by atoms with Gasteiger partial charge in [0.15, 0.2) is 0 Å². The van der Waals surface area contributed by atoms with Gasteiger partial charge < -0.3 is 4.74 Å². The van der Waals surface area contributed by atoms with Crippen molar-refractivity contribution in [1.29, 1.82) is 0 Å². The molecule has 1 fully saturated rings. The summed E-state index contributed by atoms with van der Waals surface area (Å²) in [6.45, 7) is 2.81. The minimum atomic E-state index is -3.48. The van der Waals surface area contributed by atoms with Crippen molar-refractivity contribution in [1.82, 2.24) is 4.72 Å². The minimum Gasteiger partial charge on any atom is -0.369 e. The van der Waals surface area contributed by atoms with E-state index in [1.165, 1.54) is 16.7 Å². The van der Waals surface area contributed by atoms with E-state index in [4.69, 9.17) is 4.74 Å². The van der Waals surface area contributed by atoms with Crippen molar-refractivity contribution >= 4 is 10.0 Å². The SMILES string of the molecule is Cc1ccc(S(=O)(=O)NC/C=C2\CO[C@@H]3c4ccccc4CC[C@H]23)cc1. The average Bonchev–Trinajstić information content (AvgIpc) is 3.05. The average molecular weight is 369 g/mol. The summed E-state index contributed by atoms with van der Waals surface area (Å²) in [5.41, 5.74) is 4.90. The Hall–Kier alpha value is -1.95. The lowest BCUT2D eigenvalue weighted by Gasteiger charge is -2.27. The van der Waals surface area contributed by atoms with Crippen molar-refractivity contribution in [2.24, 2.45) is 5.92 Å². The van der Waals surface area contributed by atoms with Crippen LogP contribution in [-0.4, -0.2) is 21.6 Å². The maximum Gasteiger partial charge on any atom is 0.240 e. The number of rotatable bonds is 4. The van der Waals surface area contributed by atoms with Gasteiger partial charge in [-0.25, -0.2) is 13.1 Å². The molecular weight excluding hydrogens is 346 g/mol. The molecule has 4 nitrogen and oxygen atoms in total. The van der Waals surface area contributed by atoms with E-state index >= 15 is 0 Å². The van der Waals surface area contributed by atoms with Crippen LogP contribution in [0.5, 0.6) is 0 Å². The van der Waals surface area contributed by atoms with E-state index in [0.29, 0.717) is 24.0 Å². The number of nitrogens with one attached hydrogen (secondary N) is 1. The summed E-state index contributed by atoms with van der Waals surface area (Å²) in [5.74, 6) is 0.355. The molecule has 1 N–H and O–H groups in total. The Morgan fingerprint density at radius 3 is 2.73 bits per heavy atom. The molecule has 2 atom stereocenters. The van der Waals surface area contributed by atoms with Crippen molar-refractivity contribution in [3.63, 3.8) is 0 Å². The Morgan fingerprint density at radius 1 is 1.15 bits per heavy atom. The third kappa shape index (κ3) is 3.34. The highest BCUT2D eigenvalue weighted by atomic mass is 32.2. The zero-order chi connectivity index (χ0) is 18.1. The molecule has 0 radical (unpaired) electrons. The standard InChI is InChI=1S/C21H23NO3S/c1-15-6-9-18(10-7-15)26(23,24)22-13-12-17-14-25-21-19-5-3-2-4-16(19)8-11-20(17)21/h2-7,9-10,12,20-22H,8,11,13-14H2,1H3/b17-12+/t20-,21-/m1/s1. The zero-order valence-electron chi connectivity index (χ0n) is 14.8. The molecule has 136 valence electrons. The smallest absolute Gasteiger partial charge is 0.240 e. The molecule has 26 heavy (non-hydrogen) atoms. The molecule has 2 aromatic carbocycles. The van der Waals surface area contributed by atoms with Crippen molar-refractivity contribution in [2.75, 3.05) is 13.2 Å². The molecular formula is C21H23NO3S. The summed E-state index contributed by atoms with van der Waals surface area (Å²) in [6.07, 6.45) is 4.20. The molecule has 5 heteroatoms. The fourth-order valence-corrected chi connectivity index (χ4v) is 4.85. The summed E-state index contributed by atoms with van der Waals surface area (Å²) < 4.78 is 33.5. The molecule has 0 spiro atoms. The first-order valence-corrected chi connectivity index (χ1v) is 10.5. The van der Waals surface area contributed by atoms with E-state index < -0.39 is 10.0 Å². The van der Waals surface area contributed by atoms with Crippen LogP contribution < -0.4 is 4.72 Å². The van der Waals surface area contributed by atoms with Gasteiger partial charge in [0, 0.05) is 12.5 Å². The van der Waals surface area contributed by atoms with E-state index in [-0.39, 0.29) is 6.10 Å². The molecule has 1 heterocycles. The third-order valence-corrected chi connectivity index (χ3v) is 6.77. The maximum atomic E-state index is 12.4. The minimum absolute atomic E-state index is 0.111. The van der Waals surface area contributed by atoms with E-state index in [2.05, 4.69) is 29.0 Å². The second-order valence-corrected chi connectivity index (χ2v) is 8.79. The van der Waals surface area contributed by atoms with E-state index in [1.807, 2.05) is 25.1 Å². The first kappa shape index (κ1) is 17.5. The first-order chi connectivity index (χ1) is 12.5. The van der Waals surface area contributed by atoms with E-state index in [9.17, 15) is 8.42 Å². The number of aryl methyl sites for hydroxylation is 2. The summed E-state index contributed by atoms with van der Waals surface area (Å²) in [4.78, 5) is 0.300. The van der Waals surface area contributed by atoms with Gasteiger partial charge >= 0.3 is 0 Å². The summed E-state index contributed by atoms with van der Waals surface area (Å²) in [6, 6.07) is 15.3. The number of hydrogen-bond donors (Lipinski definition) is 1. The molecule has 1 aliphatic carbocycles. The van der Waals surface area contributed by atoms with Crippen LogP contribution in [0, 0.1) is 12.8 Å². The first-order valence-electron chi connectivity index (χ1n) is 8.99. The predicted molar refractivity (Wildman–Crippen MR) is 101 cm³/mol. The van der Waals surface area contributed by atoms with Crippen LogP contribution >= 0.6 is 0 Å². The molecule has 1 saturated heterocycles. The van der Waals surface area contributed by atoms with E-state index in [0.717, 1.165) is 18.4 Å². The highest BCUT2D eigenvalue weighted by molar-refractivity contribution is 7.89. The third-order valence-electron chi connectivity index (χ3n) is 5.33. The fourth-order valence-electron chi connectivity index (χ4n) is 3.89. The Morgan fingerprint density at radius 2 is 1.92 bits per heavy atom. The number of ether oxygens (including phenoxy) is 1. The zero-order valence-corrected chi connectivity index (χ0v) is 15.6. The number of fused-ring (bicyclic) bond motifs is 3. The largest absolute Gasteiger partial charge is 0.369 e. The Kier molecular flexibility index (Phi) is 4.69. The highest BCUT2D eigenvalue weighted by Crippen LogP contribution is 2.45. The van der Waals surface area contributed by atoms with E-state index in [1.54, 1.807) is 12.1 Å². The second-order valence-electron chi connectivity index (χ2n) is 7.02. The summed E-state index contributed by atoms with van der Waals surface area (Å²) in [5, 5.41) is 0. The van der Waals surface area contributed by atoms with Gasteiger partial charge in [0.1, 0.15) is 0 Å². The molecule has 0 amide bonds. The number of benzene rings is 2. The van der Waals surface area contributed by atoms with Crippen LogP contribution in [-0.2, 0) is 21.2 Å². The van der Waals surface area contributed by atoms with Crippen LogP contribution in [0.4, 0.5) is 0 Å². The van der Waals surface area contributed by atoms with Gasteiger partial charge in [-0.1, -0.05) is 48.0 Å². The van der Waals surface area contributed by atoms with Crippen LogP contribution in [0.15, 0.2) is 65.1 Å².